The summed E-state index contributed by atoms with van der Waals surface area (Å²) in [7, 11) is 0. The maximum absolute atomic E-state index is 2.45. The SMILES string of the molecule is CC1CC(C)C(C)(C)C(C)CC1C. The lowest BCUT2D eigenvalue weighted by Crippen LogP contribution is -2.27. The van der Waals surface area contributed by atoms with Crippen molar-refractivity contribution in [2.45, 2.75) is 54.4 Å². The molecule has 1 rings (SSSR count). The Balaban J connectivity index is 2.81. The lowest BCUT2D eigenvalue weighted by molar-refractivity contribution is 0.138. The van der Waals surface area contributed by atoms with Crippen LogP contribution in [0.4, 0.5) is 0 Å². The molecule has 0 aromatic rings. The van der Waals surface area contributed by atoms with Crippen LogP contribution in [0.5, 0.6) is 0 Å². The lowest BCUT2D eigenvalue weighted by Gasteiger charge is -2.36. The van der Waals surface area contributed by atoms with E-state index in [1.807, 2.05) is 0 Å². The Morgan fingerprint density at radius 2 is 1.08 bits per heavy atom. The van der Waals surface area contributed by atoms with Crippen LogP contribution in [0.15, 0.2) is 0 Å². The van der Waals surface area contributed by atoms with Gasteiger partial charge in [-0.3, -0.25) is 0 Å². The molecule has 1 aliphatic carbocycles. The third kappa shape index (κ3) is 2.08. The normalized spacial score (nSPS) is 45.7. The Bertz CT molecular complexity index is 151. The van der Waals surface area contributed by atoms with Crippen LogP contribution in [0.3, 0.4) is 0 Å². The van der Waals surface area contributed by atoms with E-state index in [4.69, 9.17) is 0 Å². The summed E-state index contributed by atoms with van der Waals surface area (Å²) in [6.07, 6.45) is 2.83. The summed E-state index contributed by atoms with van der Waals surface area (Å²) in [5.41, 5.74) is 0.541. The molecule has 4 atom stereocenters. The average molecular weight is 182 g/mol. The van der Waals surface area contributed by atoms with E-state index in [0.29, 0.717) is 5.41 Å². The molecule has 1 saturated carbocycles. The first kappa shape index (κ1) is 11.1. The van der Waals surface area contributed by atoms with Gasteiger partial charge in [-0.2, -0.15) is 0 Å². The van der Waals surface area contributed by atoms with Crippen molar-refractivity contribution in [3.8, 4) is 0 Å². The van der Waals surface area contributed by atoms with E-state index in [9.17, 15) is 0 Å². The standard InChI is InChI=1S/C13H26/c1-9-7-11(3)13(5,6)12(4)8-10(9)2/h9-12H,7-8H2,1-6H3. The molecule has 0 aliphatic heterocycles. The van der Waals surface area contributed by atoms with Gasteiger partial charge in [-0.15, -0.1) is 0 Å². The Kier molecular flexibility index (Phi) is 3.09. The van der Waals surface area contributed by atoms with Crippen molar-refractivity contribution >= 4 is 0 Å². The molecule has 0 heterocycles. The van der Waals surface area contributed by atoms with E-state index in [1.165, 1.54) is 12.8 Å². The smallest absolute Gasteiger partial charge is 0.0303 e. The van der Waals surface area contributed by atoms with E-state index < -0.39 is 0 Å². The highest BCUT2D eigenvalue weighted by molar-refractivity contribution is 4.87. The maximum atomic E-state index is 2.45. The topological polar surface area (TPSA) is 0 Å². The van der Waals surface area contributed by atoms with Crippen molar-refractivity contribution in [1.29, 1.82) is 0 Å². The zero-order valence-corrected chi connectivity index (χ0v) is 10.2. The third-order valence-corrected chi connectivity index (χ3v) is 4.96. The summed E-state index contributed by atoms with van der Waals surface area (Å²) >= 11 is 0. The fourth-order valence-electron chi connectivity index (χ4n) is 2.67. The summed E-state index contributed by atoms with van der Waals surface area (Å²) < 4.78 is 0. The van der Waals surface area contributed by atoms with Gasteiger partial charge in [-0.25, -0.2) is 0 Å². The summed E-state index contributed by atoms with van der Waals surface area (Å²) in [5, 5.41) is 0. The van der Waals surface area contributed by atoms with E-state index in [1.54, 1.807) is 0 Å². The molecule has 78 valence electrons. The van der Waals surface area contributed by atoms with Gasteiger partial charge in [-0.05, 0) is 41.9 Å². The molecule has 1 fully saturated rings. The summed E-state index contributed by atoms with van der Waals surface area (Å²) in [6.45, 7) is 14.6. The van der Waals surface area contributed by atoms with Crippen LogP contribution in [0, 0.1) is 29.1 Å². The van der Waals surface area contributed by atoms with Crippen LogP contribution in [-0.4, -0.2) is 0 Å². The minimum atomic E-state index is 0.541. The Morgan fingerprint density at radius 3 is 1.38 bits per heavy atom. The molecule has 0 spiro atoms. The molecule has 0 radical (unpaired) electrons. The van der Waals surface area contributed by atoms with Gasteiger partial charge in [0.25, 0.3) is 0 Å². The third-order valence-electron chi connectivity index (χ3n) is 4.96. The van der Waals surface area contributed by atoms with E-state index in [0.717, 1.165) is 23.7 Å². The number of hydrogen-bond donors (Lipinski definition) is 0. The molecule has 0 nitrogen and oxygen atoms in total. The quantitative estimate of drug-likeness (QED) is 0.489. The van der Waals surface area contributed by atoms with Crippen LogP contribution < -0.4 is 0 Å². The summed E-state index contributed by atoms with van der Waals surface area (Å²) in [6, 6.07) is 0. The highest BCUT2D eigenvalue weighted by Crippen LogP contribution is 2.46. The number of hydrogen-bond acceptors (Lipinski definition) is 0. The van der Waals surface area contributed by atoms with Crippen LogP contribution >= 0.6 is 0 Å². The molecule has 0 bridgehead atoms. The van der Waals surface area contributed by atoms with E-state index >= 15 is 0 Å². The fourth-order valence-corrected chi connectivity index (χ4v) is 2.67. The highest BCUT2D eigenvalue weighted by atomic mass is 14.4. The van der Waals surface area contributed by atoms with E-state index in [-0.39, 0.29) is 0 Å². The van der Waals surface area contributed by atoms with Gasteiger partial charge < -0.3 is 0 Å². The second-order valence-corrected chi connectivity index (χ2v) is 6.05. The van der Waals surface area contributed by atoms with Gasteiger partial charge in [0.05, 0.1) is 0 Å². The van der Waals surface area contributed by atoms with Crippen molar-refractivity contribution in [3.63, 3.8) is 0 Å². The molecule has 13 heavy (non-hydrogen) atoms. The van der Waals surface area contributed by atoms with Gasteiger partial charge >= 0.3 is 0 Å². The summed E-state index contributed by atoms with van der Waals surface area (Å²) in [4.78, 5) is 0. The Labute approximate surface area is 84.1 Å². The highest BCUT2D eigenvalue weighted by Gasteiger charge is 2.37. The molecular weight excluding hydrogens is 156 g/mol. The second kappa shape index (κ2) is 3.63. The lowest BCUT2D eigenvalue weighted by atomic mass is 9.70. The fraction of sp³-hybridized carbons (Fsp3) is 1.00. The van der Waals surface area contributed by atoms with Crippen molar-refractivity contribution < 1.29 is 0 Å². The molecule has 0 saturated heterocycles. The second-order valence-electron chi connectivity index (χ2n) is 6.05. The predicted octanol–water partition coefficient (Wildman–Crippen LogP) is 4.35. The van der Waals surface area contributed by atoms with Crippen molar-refractivity contribution in [3.05, 3.63) is 0 Å². The zero-order chi connectivity index (χ0) is 10.2. The van der Waals surface area contributed by atoms with Gasteiger partial charge in [0, 0.05) is 0 Å². The molecule has 1 aliphatic rings. The molecule has 4 unspecified atom stereocenters. The monoisotopic (exact) mass is 182 g/mol. The van der Waals surface area contributed by atoms with Gasteiger partial charge in [-0.1, -0.05) is 41.5 Å². The average Bonchev–Trinajstić information content (AvgIpc) is 2.06. The predicted molar refractivity (Wildman–Crippen MR) is 59.7 cm³/mol. The molecule has 0 N–H and O–H groups in total. The summed E-state index contributed by atoms with van der Waals surface area (Å²) in [5.74, 6) is 3.59. The zero-order valence-electron chi connectivity index (χ0n) is 10.2. The van der Waals surface area contributed by atoms with Crippen LogP contribution in [-0.2, 0) is 0 Å². The number of rotatable bonds is 0. The largest absolute Gasteiger partial charge is 0.0622 e. The molecule has 0 heteroatoms. The van der Waals surface area contributed by atoms with Crippen LogP contribution in [0.1, 0.15) is 54.4 Å². The van der Waals surface area contributed by atoms with Crippen molar-refractivity contribution in [2.24, 2.45) is 29.1 Å². The molecule has 0 aromatic carbocycles. The minimum absolute atomic E-state index is 0.541. The molecular formula is C13H26. The molecule has 0 amide bonds. The first-order chi connectivity index (χ1) is 5.85. The maximum Gasteiger partial charge on any atom is -0.0303 e. The van der Waals surface area contributed by atoms with Gasteiger partial charge in [0.1, 0.15) is 0 Å². The first-order valence-electron chi connectivity index (χ1n) is 5.85. The Hall–Kier alpha value is 0. The first-order valence-corrected chi connectivity index (χ1v) is 5.85. The Morgan fingerprint density at radius 1 is 0.769 bits per heavy atom. The van der Waals surface area contributed by atoms with Gasteiger partial charge in [0.15, 0.2) is 0 Å². The van der Waals surface area contributed by atoms with Crippen molar-refractivity contribution in [1.82, 2.24) is 0 Å². The van der Waals surface area contributed by atoms with Crippen molar-refractivity contribution in [2.75, 3.05) is 0 Å². The van der Waals surface area contributed by atoms with Gasteiger partial charge in [0.2, 0.25) is 0 Å². The van der Waals surface area contributed by atoms with Crippen LogP contribution in [0.25, 0.3) is 0 Å². The van der Waals surface area contributed by atoms with E-state index in [2.05, 4.69) is 41.5 Å². The minimum Gasteiger partial charge on any atom is -0.0622 e. The van der Waals surface area contributed by atoms with Crippen LogP contribution in [0.2, 0.25) is 0 Å². The molecule has 0 aromatic heterocycles.